The largest absolute Gasteiger partial charge is 0.341 e. The molecular formula is C19H21N5OS. The summed E-state index contributed by atoms with van der Waals surface area (Å²) in [5.41, 5.74) is 3.29. The standard InChI is InChI=1S/C19H21N5OS/c1-3-15-9-11-16(12-10-15)13-23(2)18(25)14-26-19-20-21-22-24(19)17-7-5-4-6-8-17/h4-12H,3,13-14H2,1-2H3. The zero-order valence-corrected chi connectivity index (χ0v) is 15.7. The van der Waals surface area contributed by atoms with Crippen molar-refractivity contribution in [3.05, 3.63) is 65.7 Å². The minimum Gasteiger partial charge on any atom is -0.341 e. The molecule has 26 heavy (non-hydrogen) atoms. The number of hydrogen-bond acceptors (Lipinski definition) is 5. The number of carbonyl (C=O) groups excluding carboxylic acids is 1. The molecule has 6 nitrogen and oxygen atoms in total. The molecule has 0 fully saturated rings. The van der Waals surface area contributed by atoms with Crippen LogP contribution in [0.5, 0.6) is 0 Å². The molecule has 0 spiro atoms. The first kappa shape index (κ1) is 18.1. The number of hydrogen-bond donors (Lipinski definition) is 0. The molecule has 0 aliphatic heterocycles. The van der Waals surface area contributed by atoms with Crippen LogP contribution in [0.4, 0.5) is 0 Å². The highest BCUT2D eigenvalue weighted by atomic mass is 32.2. The van der Waals surface area contributed by atoms with E-state index >= 15 is 0 Å². The van der Waals surface area contributed by atoms with Crippen molar-refractivity contribution in [1.29, 1.82) is 0 Å². The maximum Gasteiger partial charge on any atom is 0.233 e. The van der Waals surface area contributed by atoms with Gasteiger partial charge in [-0.3, -0.25) is 4.79 Å². The van der Waals surface area contributed by atoms with E-state index in [1.54, 1.807) is 9.58 Å². The Hall–Kier alpha value is -2.67. The van der Waals surface area contributed by atoms with Gasteiger partial charge in [-0.15, -0.1) is 5.10 Å². The molecule has 0 N–H and O–H groups in total. The Balaban J connectivity index is 1.58. The Morgan fingerprint density at radius 1 is 1.08 bits per heavy atom. The summed E-state index contributed by atoms with van der Waals surface area (Å²) in [6.45, 7) is 2.72. The van der Waals surface area contributed by atoms with Gasteiger partial charge in [0.1, 0.15) is 0 Å². The number of para-hydroxylation sites is 1. The van der Waals surface area contributed by atoms with Crippen LogP contribution in [-0.4, -0.2) is 43.8 Å². The van der Waals surface area contributed by atoms with Gasteiger partial charge in [0.05, 0.1) is 11.4 Å². The Morgan fingerprint density at radius 3 is 2.46 bits per heavy atom. The van der Waals surface area contributed by atoms with Gasteiger partial charge in [-0.05, 0) is 40.1 Å². The van der Waals surface area contributed by atoms with Crippen molar-refractivity contribution < 1.29 is 4.79 Å². The minimum atomic E-state index is 0.0391. The lowest BCUT2D eigenvalue weighted by molar-refractivity contribution is -0.127. The van der Waals surface area contributed by atoms with Crippen LogP contribution >= 0.6 is 11.8 Å². The Kier molecular flexibility index (Phi) is 6.01. The smallest absolute Gasteiger partial charge is 0.233 e. The molecule has 134 valence electrons. The summed E-state index contributed by atoms with van der Waals surface area (Å²) < 4.78 is 1.64. The van der Waals surface area contributed by atoms with E-state index in [0.29, 0.717) is 11.7 Å². The monoisotopic (exact) mass is 367 g/mol. The molecule has 7 heteroatoms. The Bertz CT molecular complexity index is 848. The molecule has 0 unspecified atom stereocenters. The van der Waals surface area contributed by atoms with Gasteiger partial charge in [-0.1, -0.05) is 61.2 Å². The van der Waals surface area contributed by atoms with Gasteiger partial charge in [0.2, 0.25) is 11.1 Å². The molecule has 0 radical (unpaired) electrons. The van der Waals surface area contributed by atoms with Gasteiger partial charge in [-0.2, -0.15) is 4.68 Å². The predicted octanol–water partition coefficient (Wildman–Crippen LogP) is 2.98. The summed E-state index contributed by atoms with van der Waals surface area (Å²) in [6, 6.07) is 18.0. The fraction of sp³-hybridized carbons (Fsp3) is 0.263. The number of rotatable bonds is 7. The van der Waals surface area contributed by atoms with E-state index < -0.39 is 0 Å². The first-order valence-electron chi connectivity index (χ1n) is 8.45. The minimum absolute atomic E-state index is 0.0391. The molecule has 1 amide bonds. The van der Waals surface area contributed by atoms with Crippen LogP contribution in [0.1, 0.15) is 18.1 Å². The van der Waals surface area contributed by atoms with Gasteiger partial charge >= 0.3 is 0 Å². The van der Waals surface area contributed by atoms with Gasteiger partial charge in [0.25, 0.3) is 0 Å². The summed E-state index contributed by atoms with van der Waals surface area (Å²) >= 11 is 1.34. The number of carbonyl (C=O) groups is 1. The summed E-state index contributed by atoms with van der Waals surface area (Å²) in [4.78, 5) is 14.2. The van der Waals surface area contributed by atoms with Crippen LogP contribution in [0.2, 0.25) is 0 Å². The molecule has 3 rings (SSSR count). The Morgan fingerprint density at radius 2 is 1.77 bits per heavy atom. The van der Waals surface area contributed by atoms with E-state index in [2.05, 4.69) is 46.7 Å². The first-order chi connectivity index (χ1) is 12.7. The van der Waals surface area contributed by atoms with Crippen molar-refractivity contribution in [2.45, 2.75) is 25.0 Å². The zero-order valence-electron chi connectivity index (χ0n) is 14.9. The van der Waals surface area contributed by atoms with Crippen molar-refractivity contribution in [3.63, 3.8) is 0 Å². The quantitative estimate of drug-likeness (QED) is 0.601. The fourth-order valence-corrected chi connectivity index (χ4v) is 3.31. The second-order valence-corrected chi connectivity index (χ2v) is 6.86. The molecule has 0 bridgehead atoms. The average molecular weight is 367 g/mol. The SMILES string of the molecule is CCc1ccc(CN(C)C(=O)CSc2nnnn2-c2ccccc2)cc1. The highest BCUT2D eigenvalue weighted by molar-refractivity contribution is 7.99. The van der Waals surface area contributed by atoms with E-state index in [0.717, 1.165) is 17.7 Å². The van der Waals surface area contributed by atoms with E-state index in [-0.39, 0.29) is 11.7 Å². The molecule has 0 aliphatic rings. The lowest BCUT2D eigenvalue weighted by Gasteiger charge is -2.17. The fourth-order valence-electron chi connectivity index (χ4n) is 2.48. The summed E-state index contributed by atoms with van der Waals surface area (Å²) in [7, 11) is 1.82. The number of thioether (sulfide) groups is 1. The van der Waals surface area contributed by atoms with Crippen molar-refractivity contribution in [2.75, 3.05) is 12.8 Å². The normalized spacial score (nSPS) is 10.7. The first-order valence-corrected chi connectivity index (χ1v) is 9.44. The number of aryl methyl sites for hydroxylation is 1. The van der Waals surface area contributed by atoms with Crippen molar-refractivity contribution in [2.24, 2.45) is 0 Å². The van der Waals surface area contributed by atoms with E-state index in [1.807, 2.05) is 37.4 Å². The highest BCUT2D eigenvalue weighted by Crippen LogP contribution is 2.18. The van der Waals surface area contributed by atoms with Crippen molar-refractivity contribution in [3.8, 4) is 5.69 Å². The molecule has 0 saturated heterocycles. The number of benzene rings is 2. The van der Waals surface area contributed by atoms with Gasteiger partial charge < -0.3 is 4.90 Å². The van der Waals surface area contributed by atoms with Crippen LogP contribution in [0.25, 0.3) is 5.69 Å². The average Bonchev–Trinajstić information content (AvgIpc) is 3.16. The number of tetrazole rings is 1. The summed E-state index contributed by atoms with van der Waals surface area (Å²) in [5.74, 6) is 0.327. The predicted molar refractivity (Wildman–Crippen MR) is 102 cm³/mol. The highest BCUT2D eigenvalue weighted by Gasteiger charge is 2.14. The van der Waals surface area contributed by atoms with E-state index in [1.165, 1.54) is 17.3 Å². The molecule has 1 heterocycles. The molecular weight excluding hydrogens is 346 g/mol. The third-order valence-electron chi connectivity index (χ3n) is 4.04. The molecule has 0 aliphatic carbocycles. The molecule has 1 aromatic heterocycles. The van der Waals surface area contributed by atoms with Gasteiger partial charge in [-0.25, -0.2) is 0 Å². The Labute approximate surface area is 157 Å². The number of aromatic nitrogens is 4. The second kappa shape index (κ2) is 8.62. The molecule has 3 aromatic rings. The number of amides is 1. The molecule has 0 saturated carbocycles. The van der Waals surface area contributed by atoms with Crippen molar-refractivity contribution >= 4 is 17.7 Å². The van der Waals surface area contributed by atoms with E-state index in [4.69, 9.17) is 0 Å². The number of nitrogens with zero attached hydrogens (tertiary/aromatic N) is 5. The zero-order chi connectivity index (χ0) is 18.4. The topological polar surface area (TPSA) is 63.9 Å². The van der Waals surface area contributed by atoms with Crippen molar-refractivity contribution in [1.82, 2.24) is 25.1 Å². The lowest BCUT2D eigenvalue weighted by atomic mass is 10.1. The van der Waals surface area contributed by atoms with Crippen LogP contribution in [0, 0.1) is 0 Å². The third-order valence-corrected chi connectivity index (χ3v) is 4.95. The maximum absolute atomic E-state index is 12.4. The van der Waals surface area contributed by atoms with Gasteiger partial charge in [0, 0.05) is 13.6 Å². The van der Waals surface area contributed by atoms with Gasteiger partial charge in [0.15, 0.2) is 0 Å². The van der Waals surface area contributed by atoms with E-state index in [9.17, 15) is 4.79 Å². The van der Waals surface area contributed by atoms with Crippen LogP contribution in [0.15, 0.2) is 59.8 Å². The molecule has 2 aromatic carbocycles. The van der Waals surface area contributed by atoms with Crippen LogP contribution in [-0.2, 0) is 17.8 Å². The third kappa shape index (κ3) is 4.49. The van der Waals surface area contributed by atoms with Crippen LogP contribution in [0.3, 0.4) is 0 Å². The lowest BCUT2D eigenvalue weighted by Crippen LogP contribution is -2.27. The summed E-state index contributed by atoms with van der Waals surface area (Å²) in [6.07, 6.45) is 1.02. The second-order valence-electron chi connectivity index (χ2n) is 5.92. The molecule has 0 atom stereocenters. The summed E-state index contributed by atoms with van der Waals surface area (Å²) in [5, 5.41) is 12.3. The van der Waals surface area contributed by atoms with Crippen LogP contribution < -0.4 is 0 Å². The maximum atomic E-state index is 12.4.